The highest BCUT2D eigenvalue weighted by Gasteiger charge is 2.37. The molecule has 106 valence electrons. The fourth-order valence-corrected chi connectivity index (χ4v) is 2.64. The molecule has 19 heavy (non-hydrogen) atoms. The summed E-state index contributed by atoms with van der Waals surface area (Å²) in [5, 5.41) is 14.6. The van der Waals surface area contributed by atoms with Crippen molar-refractivity contribution in [1.29, 1.82) is 0 Å². The molecule has 7 nitrogen and oxygen atoms in total. The summed E-state index contributed by atoms with van der Waals surface area (Å²) in [6.07, 6.45) is 1.39. The van der Waals surface area contributed by atoms with Gasteiger partial charge in [0.1, 0.15) is 6.04 Å². The molecule has 2 aliphatic heterocycles. The molecule has 2 amide bonds. The van der Waals surface area contributed by atoms with E-state index in [0.29, 0.717) is 19.6 Å². The maximum atomic E-state index is 12.4. The third-order valence-corrected chi connectivity index (χ3v) is 3.63. The molecular formula is C12H19N3O4. The largest absolute Gasteiger partial charge is 0.481 e. The van der Waals surface area contributed by atoms with Crippen molar-refractivity contribution in [2.24, 2.45) is 5.92 Å². The number of piperazine rings is 1. The summed E-state index contributed by atoms with van der Waals surface area (Å²) in [4.78, 5) is 36.4. The van der Waals surface area contributed by atoms with Crippen LogP contribution in [0.2, 0.25) is 0 Å². The number of carboxylic acid groups (broad SMARTS) is 1. The summed E-state index contributed by atoms with van der Waals surface area (Å²) in [6.45, 7) is 2.29. The number of carboxylic acids is 1. The van der Waals surface area contributed by atoms with Gasteiger partial charge in [-0.25, -0.2) is 0 Å². The number of carbonyl (C=O) groups excluding carboxylic acids is 2. The van der Waals surface area contributed by atoms with Gasteiger partial charge in [-0.15, -0.1) is 0 Å². The predicted molar refractivity (Wildman–Crippen MR) is 66.4 cm³/mol. The van der Waals surface area contributed by atoms with Gasteiger partial charge in [0.2, 0.25) is 11.8 Å². The monoisotopic (exact) mass is 269 g/mol. The molecule has 3 N–H and O–H groups in total. The van der Waals surface area contributed by atoms with Crippen molar-refractivity contribution in [2.75, 3.05) is 26.2 Å². The van der Waals surface area contributed by atoms with Crippen molar-refractivity contribution < 1.29 is 19.5 Å². The first-order chi connectivity index (χ1) is 9.09. The molecule has 2 atom stereocenters. The molecule has 0 saturated carbocycles. The zero-order valence-electron chi connectivity index (χ0n) is 10.7. The molecule has 0 bridgehead atoms. The second-order valence-corrected chi connectivity index (χ2v) is 4.98. The van der Waals surface area contributed by atoms with Gasteiger partial charge in [0.15, 0.2) is 0 Å². The van der Waals surface area contributed by atoms with E-state index >= 15 is 0 Å². The van der Waals surface area contributed by atoms with E-state index in [2.05, 4.69) is 10.6 Å². The zero-order chi connectivity index (χ0) is 13.8. The van der Waals surface area contributed by atoms with Gasteiger partial charge in [0.05, 0.1) is 12.3 Å². The lowest BCUT2D eigenvalue weighted by Crippen LogP contribution is -2.59. The van der Waals surface area contributed by atoms with E-state index < -0.39 is 12.0 Å². The molecule has 7 heteroatoms. The Labute approximate surface area is 111 Å². The molecule has 2 saturated heterocycles. The van der Waals surface area contributed by atoms with Crippen LogP contribution in [0.3, 0.4) is 0 Å². The van der Waals surface area contributed by atoms with Crippen LogP contribution in [0.1, 0.15) is 19.3 Å². The standard InChI is InChI=1S/C12H19N3O4/c16-10(17)6-9-11(18)14-4-5-15(9)12(19)8-2-1-3-13-7-8/h8-9,13H,1-7H2,(H,14,18)(H,16,17)/t8-,9?/m1/s1. The molecule has 0 aromatic heterocycles. The molecule has 0 spiro atoms. The van der Waals surface area contributed by atoms with E-state index in [1.807, 2.05) is 0 Å². The van der Waals surface area contributed by atoms with E-state index in [4.69, 9.17) is 5.11 Å². The van der Waals surface area contributed by atoms with Gasteiger partial charge in [0.25, 0.3) is 0 Å². The normalized spacial score (nSPS) is 27.8. The average Bonchev–Trinajstić information content (AvgIpc) is 2.41. The second kappa shape index (κ2) is 6.01. The number of carbonyl (C=O) groups is 3. The number of aliphatic carboxylic acids is 1. The number of nitrogens with zero attached hydrogens (tertiary/aromatic N) is 1. The van der Waals surface area contributed by atoms with E-state index in [9.17, 15) is 14.4 Å². The summed E-state index contributed by atoms with van der Waals surface area (Å²) < 4.78 is 0. The summed E-state index contributed by atoms with van der Waals surface area (Å²) >= 11 is 0. The minimum atomic E-state index is -1.07. The molecule has 0 aromatic carbocycles. The fourth-order valence-electron chi connectivity index (χ4n) is 2.64. The van der Waals surface area contributed by atoms with Crippen LogP contribution in [0.15, 0.2) is 0 Å². The van der Waals surface area contributed by atoms with Crippen LogP contribution in [-0.2, 0) is 14.4 Å². The maximum absolute atomic E-state index is 12.4. The van der Waals surface area contributed by atoms with Gasteiger partial charge in [-0.3, -0.25) is 14.4 Å². The first kappa shape index (κ1) is 13.8. The van der Waals surface area contributed by atoms with Crippen LogP contribution >= 0.6 is 0 Å². The first-order valence-electron chi connectivity index (χ1n) is 6.60. The number of hydrogen-bond donors (Lipinski definition) is 3. The molecule has 1 unspecified atom stereocenters. The van der Waals surface area contributed by atoms with E-state index in [1.54, 1.807) is 0 Å². The van der Waals surface area contributed by atoms with Gasteiger partial charge >= 0.3 is 5.97 Å². The SMILES string of the molecule is O=C(O)CC1C(=O)NCCN1C(=O)[C@@H]1CCCNC1. The third kappa shape index (κ3) is 3.23. The number of amides is 2. The van der Waals surface area contributed by atoms with Crippen molar-refractivity contribution >= 4 is 17.8 Å². The third-order valence-electron chi connectivity index (χ3n) is 3.63. The van der Waals surface area contributed by atoms with Gasteiger partial charge in [-0.1, -0.05) is 0 Å². The van der Waals surface area contributed by atoms with Crippen molar-refractivity contribution in [1.82, 2.24) is 15.5 Å². The Balaban J connectivity index is 2.07. The van der Waals surface area contributed by atoms with Crippen LogP contribution in [0.5, 0.6) is 0 Å². The van der Waals surface area contributed by atoms with Gasteiger partial charge in [0, 0.05) is 19.6 Å². The maximum Gasteiger partial charge on any atom is 0.305 e. The van der Waals surface area contributed by atoms with Gasteiger partial charge < -0.3 is 20.6 Å². The number of piperidine rings is 1. The van der Waals surface area contributed by atoms with Crippen LogP contribution in [0.4, 0.5) is 0 Å². The van der Waals surface area contributed by atoms with E-state index in [1.165, 1.54) is 4.90 Å². The highest BCUT2D eigenvalue weighted by Crippen LogP contribution is 2.18. The first-order valence-corrected chi connectivity index (χ1v) is 6.60. The molecular weight excluding hydrogens is 250 g/mol. The highest BCUT2D eigenvalue weighted by molar-refractivity contribution is 5.92. The van der Waals surface area contributed by atoms with E-state index in [0.717, 1.165) is 19.4 Å². The Bertz CT molecular complexity index is 379. The Hall–Kier alpha value is -1.63. The molecule has 0 aliphatic carbocycles. The highest BCUT2D eigenvalue weighted by atomic mass is 16.4. The van der Waals surface area contributed by atoms with Crippen LogP contribution in [0.25, 0.3) is 0 Å². The smallest absolute Gasteiger partial charge is 0.305 e. The Morgan fingerprint density at radius 2 is 2.16 bits per heavy atom. The lowest BCUT2D eigenvalue weighted by molar-refractivity contribution is -0.150. The van der Waals surface area contributed by atoms with Gasteiger partial charge in [-0.05, 0) is 19.4 Å². The van der Waals surface area contributed by atoms with Crippen LogP contribution < -0.4 is 10.6 Å². The van der Waals surface area contributed by atoms with Crippen LogP contribution in [-0.4, -0.2) is 60.0 Å². The molecule has 2 heterocycles. The lowest BCUT2D eigenvalue weighted by Gasteiger charge is -2.37. The predicted octanol–water partition coefficient (Wildman–Crippen LogP) is -1.21. The molecule has 2 fully saturated rings. The topological polar surface area (TPSA) is 98.7 Å². The quantitative estimate of drug-likeness (QED) is 0.597. The fraction of sp³-hybridized carbons (Fsp3) is 0.750. The summed E-state index contributed by atoms with van der Waals surface area (Å²) in [5.74, 6) is -1.68. The summed E-state index contributed by atoms with van der Waals surface area (Å²) in [5.41, 5.74) is 0. The number of hydrogen-bond acceptors (Lipinski definition) is 4. The molecule has 0 aromatic rings. The van der Waals surface area contributed by atoms with Crippen molar-refractivity contribution in [3.05, 3.63) is 0 Å². The Morgan fingerprint density at radius 1 is 1.37 bits per heavy atom. The molecule has 0 radical (unpaired) electrons. The molecule has 2 aliphatic rings. The summed E-state index contributed by atoms with van der Waals surface area (Å²) in [7, 11) is 0. The lowest BCUT2D eigenvalue weighted by atomic mass is 9.96. The number of nitrogens with one attached hydrogen (secondary N) is 2. The van der Waals surface area contributed by atoms with Crippen molar-refractivity contribution in [2.45, 2.75) is 25.3 Å². The number of rotatable bonds is 3. The van der Waals surface area contributed by atoms with Gasteiger partial charge in [-0.2, -0.15) is 0 Å². The summed E-state index contributed by atoms with van der Waals surface area (Å²) in [6, 6.07) is -0.874. The van der Waals surface area contributed by atoms with Crippen molar-refractivity contribution in [3.63, 3.8) is 0 Å². The average molecular weight is 269 g/mol. The van der Waals surface area contributed by atoms with Crippen molar-refractivity contribution in [3.8, 4) is 0 Å². The molecule has 2 rings (SSSR count). The second-order valence-electron chi connectivity index (χ2n) is 4.98. The minimum Gasteiger partial charge on any atom is -0.481 e. The van der Waals surface area contributed by atoms with E-state index in [-0.39, 0.29) is 24.2 Å². The van der Waals surface area contributed by atoms with Crippen LogP contribution in [0, 0.1) is 5.92 Å². The zero-order valence-corrected chi connectivity index (χ0v) is 10.7. The Morgan fingerprint density at radius 3 is 2.79 bits per heavy atom. The minimum absolute atomic E-state index is 0.103. The Kier molecular flexibility index (Phi) is 4.36.